The van der Waals surface area contributed by atoms with Crippen LogP contribution < -0.4 is 10.6 Å². The molecule has 1 unspecified atom stereocenters. The van der Waals surface area contributed by atoms with Crippen molar-refractivity contribution in [3.8, 4) is 0 Å². The highest BCUT2D eigenvalue weighted by Crippen LogP contribution is 2.34. The van der Waals surface area contributed by atoms with Crippen molar-refractivity contribution in [1.29, 1.82) is 0 Å². The highest BCUT2D eigenvalue weighted by Gasteiger charge is 2.31. The number of carbonyl (C=O) groups is 2. The first-order chi connectivity index (χ1) is 12.2. The van der Waals surface area contributed by atoms with E-state index in [9.17, 15) is 9.59 Å². The molecule has 2 aromatic carbocycles. The van der Waals surface area contributed by atoms with Gasteiger partial charge in [0.05, 0.1) is 0 Å². The Hall–Kier alpha value is -2.66. The number of nitrogens with one attached hydrogen (secondary N) is 2. The van der Waals surface area contributed by atoms with Gasteiger partial charge in [0.25, 0.3) is 11.8 Å². The first kappa shape index (κ1) is 17.2. The molecule has 2 aromatic rings. The molecule has 2 amide bonds. The summed E-state index contributed by atoms with van der Waals surface area (Å²) in [6.07, 6.45) is 2.78. The molecule has 1 aliphatic rings. The molecule has 0 heterocycles. The number of aliphatic hydroxyl groups excluding tert-OH is 1. The molecule has 1 atom stereocenters. The van der Waals surface area contributed by atoms with E-state index >= 15 is 0 Å². The number of aliphatic hydroxyl groups is 1. The number of anilines is 1. The van der Waals surface area contributed by atoms with Gasteiger partial charge in [0, 0.05) is 29.5 Å². The molecule has 3 N–H and O–H groups in total. The van der Waals surface area contributed by atoms with Gasteiger partial charge in [-0.3, -0.25) is 9.59 Å². The third kappa shape index (κ3) is 4.67. The average molecular weight is 338 g/mol. The standard InChI is InChI=1S/C20H22N2O3/c23-13-12-18(14-6-7-14)22-20(25)16-10-8-15(9-11-16)19(24)21-17-4-2-1-3-5-17/h1-5,8-11,14,18,23H,6-7,12-13H2,(H,21,24)(H,22,25). The van der Waals surface area contributed by atoms with Gasteiger partial charge < -0.3 is 15.7 Å². The SMILES string of the molecule is O=C(Nc1ccccc1)c1ccc(C(=O)NC(CCO)C2CC2)cc1. The van der Waals surface area contributed by atoms with Gasteiger partial charge in [0.2, 0.25) is 0 Å². The van der Waals surface area contributed by atoms with Crippen molar-refractivity contribution in [1.82, 2.24) is 5.32 Å². The first-order valence-electron chi connectivity index (χ1n) is 8.55. The van der Waals surface area contributed by atoms with Gasteiger partial charge >= 0.3 is 0 Å². The molecule has 5 nitrogen and oxygen atoms in total. The number of carbonyl (C=O) groups excluding carboxylic acids is 2. The summed E-state index contributed by atoms with van der Waals surface area (Å²) in [5.74, 6) is 0.0988. The van der Waals surface area contributed by atoms with E-state index in [0.29, 0.717) is 23.5 Å². The van der Waals surface area contributed by atoms with Gasteiger partial charge in [-0.15, -0.1) is 0 Å². The summed E-state index contributed by atoms with van der Waals surface area (Å²) < 4.78 is 0. The Bertz CT molecular complexity index is 724. The predicted octanol–water partition coefficient (Wildman–Crippen LogP) is 2.83. The molecule has 0 spiro atoms. The van der Waals surface area contributed by atoms with Crippen LogP contribution in [0.15, 0.2) is 54.6 Å². The summed E-state index contributed by atoms with van der Waals surface area (Å²) >= 11 is 0. The molecule has 5 heteroatoms. The zero-order valence-electron chi connectivity index (χ0n) is 13.9. The van der Waals surface area contributed by atoms with Crippen LogP contribution in [0.2, 0.25) is 0 Å². The summed E-state index contributed by atoms with van der Waals surface area (Å²) in [6.45, 7) is 0.0695. The third-order valence-corrected chi connectivity index (χ3v) is 4.39. The van der Waals surface area contributed by atoms with E-state index in [1.807, 2.05) is 30.3 Å². The van der Waals surface area contributed by atoms with E-state index in [1.165, 1.54) is 0 Å². The van der Waals surface area contributed by atoms with Crippen molar-refractivity contribution in [2.75, 3.05) is 11.9 Å². The van der Waals surface area contributed by atoms with Crippen LogP contribution in [0.25, 0.3) is 0 Å². The number of para-hydroxylation sites is 1. The lowest BCUT2D eigenvalue weighted by atomic mass is 10.1. The van der Waals surface area contributed by atoms with Crippen LogP contribution in [0.4, 0.5) is 5.69 Å². The Morgan fingerprint density at radius 2 is 1.56 bits per heavy atom. The quantitative estimate of drug-likeness (QED) is 0.726. The Kier molecular flexibility index (Phi) is 5.46. The lowest BCUT2D eigenvalue weighted by Gasteiger charge is -2.17. The molecule has 0 aromatic heterocycles. The van der Waals surface area contributed by atoms with E-state index < -0.39 is 0 Å². The fourth-order valence-electron chi connectivity index (χ4n) is 2.81. The number of hydrogen-bond donors (Lipinski definition) is 3. The molecule has 3 rings (SSSR count). The fraction of sp³-hybridized carbons (Fsp3) is 0.300. The number of hydrogen-bond acceptors (Lipinski definition) is 3. The second-order valence-electron chi connectivity index (χ2n) is 6.33. The lowest BCUT2D eigenvalue weighted by molar-refractivity contribution is 0.0923. The van der Waals surface area contributed by atoms with Gasteiger partial charge in [-0.2, -0.15) is 0 Å². The summed E-state index contributed by atoms with van der Waals surface area (Å²) in [6, 6.07) is 15.8. The Balaban J connectivity index is 1.61. The van der Waals surface area contributed by atoms with Crippen LogP contribution in [0, 0.1) is 5.92 Å². The van der Waals surface area contributed by atoms with E-state index in [2.05, 4.69) is 10.6 Å². The third-order valence-electron chi connectivity index (χ3n) is 4.39. The van der Waals surface area contributed by atoms with Gasteiger partial charge in [0.1, 0.15) is 0 Å². The van der Waals surface area contributed by atoms with Crippen molar-refractivity contribution >= 4 is 17.5 Å². The highest BCUT2D eigenvalue weighted by molar-refractivity contribution is 6.05. The van der Waals surface area contributed by atoms with Crippen LogP contribution >= 0.6 is 0 Å². The van der Waals surface area contributed by atoms with E-state index in [4.69, 9.17) is 5.11 Å². The van der Waals surface area contributed by atoms with Crippen molar-refractivity contribution in [3.63, 3.8) is 0 Å². The fourth-order valence-corrected chi connectivity index (χ4v) is 2.81. The predicted molar refractivity (Wildman–Crippen MR) is 96.5 cm³/mol. The van der Waals surface area contributed by atoms with Crippen LogP contribution in [0.1, 0.15) is 40.0 Å². The summed E-state index contributed by atoms with van der Waals surface area (Å²) in [5.41, 5.74) is 1.74. The smallest absolute Gasteiger partial charge is 0.255 e. The Labute approximate surface area is 147 Å². The maximum absolute atomic E-state index is 12.3. The maximum Gasteiger partial charge on any atom is 0.255 e. The first-order valence-corrected chi connectivity index (χ1v) is 8.55. The normalized spacial score (nSPS) is 14.6. The van der Waals surface area contributed by atoms with Gasteiger partial charge in [0.15, 0.2) is 0 Å². The topological polar surface area (TPSA) is 78.4 Å². The molecular weight excluding hydrogens is 316 g/mol. The summed E-state index contributed by atoms with van der Waals surface area (Å²) in [7, 11) is 0. The molecule has 1 fully saturated rings. The average Bonchev–Trinajstić information content (AvgIpc) is 3.47. The zero-order valence-corrected chi connectivity index (χ0v) is 13.9. The number of benzene rings is 2. The molecule has 0 radical (unpaired) electrons. The number of amides is 2. The second kappa shape index (κ2) is 7.94. The lowest BCUT2D eigenvalue weighted by Crippen LogP contribution is -2.37. The van der Waals surface area contributed by atoms with Gasteiger partial charge in [-0.1, -0.05) is 18.2 Å². The molecule has 1 saturated carbocycles. The Morgan fingerprint density at radius 1 is 0.960 bits per heavy atom. The van der Waals surface area contributed by atoms with Gasteiger partial charge in [-0.05, 0) is 61.6 Å². The monoisotopic (exact) mass is 338 g/mol. The van der Waals surface area contributed by atoms with Crippen molar-refractivity contribution in [2.24, 2.45) is 5.92 Å². The molecular formula is C20H22N2O3. The molecule has 1 aliphatic carbocycles. The van der Waals surface area contributed by atoms with Crippen LogP contribution in [-0.4, -0.2) is 29.6 Å². The zero-order chi connectivity index (χ0) is 17.6. The van der Waals surface area contributed by atoms with E-state index in [-0.39, 0.29) is 24.5 Å². The molecule has 0 saturated heterocycles. The molecule has 0 bridgehead atoms. The van der Waals surface area contributed by atoms with Crippen LogP contribution in [0.5, 0.6) is 0 Å². The van der Waals surface area contributed by atoms with Gasteiger partial charge in [-0.25, -0.2) is 0 Å². The number of rotatable bonds is 7. The second-order valence-corrected chi connectivity index (χ2v) is 6.33. The highest BCUT2D eigenvalue weighted by atomic mass is 16.3. The Morgan fingerprint density at radius 3 is 2.12 bits per heavy atom. The minimum absolute atomic E-state index is 0.0264. The van der Waals surface area contributed by atoms with Crippen molar-refractivity contribution < 1.29 is 14.7 Å². The van der Waals surface area contributed by atoms with E-state index in [1.54, 1.807) is 24.3 Å². The minimum atomic E-state index is -0.214. The largest absolute Gasteiger partial charge is 0.396 e. The summed E-state index contributed by atoms with van der Waals surface area (Å²) in [5, 5.41) is 14.9. The van der Waals surface area contributed by atoms with Crippen molar-refractivity contribution in [2.45, 2.75) is 25.3 Å². The van der Waals surface area contributed by atoms with Crippen LogP contribution in [0.3, 0.4) is 0 Å². The van der Waals surface area contributed by atoms with Crippen molar-refractivity contribution in [3.05, 3.63) is 65.7 Å². The molecule has 0 aliphatic heterocycles. The minimum Gasteiger partial charge on any atom is -0.396 e. The molecule has 130 valence electrons. The molecule has 25 heavy (non-hydrogen) atoms. The van der Waals surface area contributed by atoms with E-state index in [0.717, 1.165) is 18.5 Å². The maximum atomic E-state index is 12.3. The van der Waals surface area contributed by atoms with Crippen LogP contribution in [-0.2, 0) is 0 Å². The summed E-state index contributed by atoms with van der Waals surface area (Å²) in [4.78, 5) is 24.6.